The number of hydrogen-bond donors (Lipinski definition) is 0. The van der Waals surface area contributed by atoms with Crippen molar-refractivity contribution in [2.24, 2.45) is 0 Å². The highest BCUT2D eigenvalue weighted by atomic mass is 79.9. The number of benzene rings is 2. The van der Waals surface area contributed by atoms with E-state index in [0.717, 1.165) is 62.3 Å². The van der Waals surface area contributed by atoms with Gasteiger partial charge in [0.05, 0.1) is 10.8 Å². The fraction of sp³-hybridized carbons (Fsp3) is 0.333. The van der Waals surface area contributed by atoms with Gasteiger partial charge in [0, 0.05) is 48.0 Å². The average Bonchev–Trinajstić information content (AvgIpc) is 2.65. The van der Waals surface area contributed by atoms with Crippen molar-refractivity contribution in [2.45, 2.75) is 32.3 Å². The molecule has 0 N–H and O–H groups in total. The van der Waals surface area contributed by atoms with Crippen LogP contribution in [-0.4, -0.2) is 24.5 Å². The first-order valence-electron chi connectivity index (χ1n) is 7.95. The van der Waals surface area contributed by atoms with E-state index < -0.39 is 10.8 Å². The van der Waals surface area contributed by atoms with Gasteiger partial charge in [-0.15, -0.1) is 0 Å². The summed E-state index contributed by atoms with van der Waals surface area (Å²) in [5, 5.41) is 1.72. The summed E-state index contributed by atoms with van der Waals surface area (Å²) in [5.74, 6) is 0. The van der Waals surface area contributed by atoms with Crippen LogP contribution in [0.15, 0.2) is 51.9 Å². The summed E-state index contributed by atoms with van der Waals surface area (Å²) >= 11 is 28.8. The SMILES string of the molecule is O=S(c1cc(Br)c(CC(Br)CBr)c(Br)c1)c1cc(Br)c(CC(Br)CBr)c(Br)c1. The van der Waals surface area contributed by atoms with Crippen LogP contribution < -0.4 is 0 Å². The minimum atomic E-state index is -1.30. The molecule has 2 atom stereocenters. The van der Waals surface area contributed by atoms with E-state index in [1.165, 1.54) is 0 Å². The lowest BCUT2D eigenvalue weighted by atomic mass is 10.1. The van der Waals surface area contributed by atoms with Gasteiger partial charge in [0.2, 0.25) is 0 Å². The summed E-state index contributed by atoms with van der Waals surface area (Å²) in [7, 11) is -1.30. The van der Waals surface area contributed by atoms with Crippen LogP contribution in [0.3, 0.4) is 0 Å². The Kier molecular flexibility index (Phi) is 12.0. The second-order valence-electron chi connectivity index (χ2n) is 5.91. The summed E-state index contributed by atoms with van der Waals surface area (Å²) in [6.45, 7) is 0. The van der Waals surface area contributed by atoms with Gasteiger partial charge in [-0.05, 0) is 48.2 Å². The van der Waals surface area contributed by atoms with Crippen molar-refractivity contribution in [1.82, 2.24) is 0 Å². The van der Waals surface area contributed by atoms with Crippen LogP contribution in [0, 0.1) is 0 Å². The van der Waals surface area contributed by atoms with E-state index in [0.29, 0.717) is 9.65 Å². The molecule has 0 heterocycles. The molecular formula is C18H14Br8OS. The molecular weight excluding hydrogens is 903 g/mol. The molecule has 10 heteroatoms. The summed E-state index contributed by atoms with van der Waals surface area (Å²) < 4.78 is 17.0. The smallest absolute Gasteiger partial charge is 0.0851 e. The molecule has 0 radical (unpaired) electrons. The lowest BCUT2D eigenvalue weighted by Gasteiger charge is -2.15. The first-order valence-corrected chi connectivity index (χ1v) is 16.3. The van der Waals surface area contributed by atoms with Crippen LogP contribution in [0.1, 0.15) is 11.1 Å². The molecule has 1 nitrogen and oxygen atoms in total. The maximum atomic E-state index is 13.2. The summed E-state index contributed by atoms with van der Waals surface area (Å²) in [4.78, 5) is 2.15. The molecule has 0 amide bonds. The quantitative estimate of drug-likeness (QED) is 0.242. The largest absolute Gasteiger partial charge is 0.249 e. The fourth-order valence-electron chi connectivity index (χ4n) is 2.45. The molecule has 2 aromatic carbocycles. The second kappa shape index (κ2) is 12.6. The predicted molar refractivity (Wildman–Crippen MR) is 149 cm³/mol. The molecule has 0 aromatic heterocycles. The van der Waals surface area contributed by atoms with E-state index in [1.54, 1.807) is 0 Å². The Bertz CT molecular complexity index is 757. The molecule has 0 aliphatic heterocycles. The van der Waals surface area contributed by atoms with E-state index in [-0.39, 0.29) is 0 Å². The van der Waals surface area contributed by atoms with Gasteiger partial charge < -0.3 is 0 Å². The zero-order valence-electron chi connectivity index (χ0n) is 14.1. The highest BCUT2D eigenvalue weighted by Crippen LogP contribution is 2.35. The molecule has 0 saturated carbocycles. The molecule has 0 spiro atoms. The summed E-state index contributed by atoms with van der Waals surface area (Å²) in [5.41, 5.74) is 2.30. The van der Waals surface area contributed by atoms with Crippen molar-refractivity contribution in [3.8, 4) is 0 Å². The van der Waals surface area contributed by atoms with Crippen molar-refractivity contribution in [2.75, 3.05) is 10.7 Å². The van der Waals surface area contributed by atoms with E-state index in [1.807, 2.05) is 24.3 Å². The lowest BCUT2D eigenvalue weighted by Crippen LogP contribution is -2.07. The first kappa shape index (κ1) is 26.7. The zero-order valence-corrected chi connectivity index (χ0v) is 27.6. The number of halogens is 8. The molecule has 2 rings (SSSR count). The fourth-order valence-corrected chi connectivity index (χ4v) is 8.36. The van der Waals surface area contributed by atoms with Crippen molar-refractivity contribution in [3.63, 3.8) is 0 Å². The van der Waals surface area contributed by atoms with Crippen molar-refractivity contribution in [3.05, 3.63) is 53.3 Å². The third-order valence-corrected chi connectivity index (χ3v) is 12.6. The number of rotatable bonds is 8. The van der Waals surface area contributed by atoms with E-state index in [9.17, 15) is 4.21 Å². The molecule has 0 saturated heterocycles. The zero-order chi connectivity index (χ0) is 21.0. The van der Waals surface area contributed by atoms with Crippen molar-refractivity contribution >= 4 is 138 Å². The van der Waals surface area contributed by atoms with Gasteiger partial charge in [0.1, 0.15) is 0 Å². The Hall–Kier alpha value is 2.43. The van der Waals surface area contributed by atoms with Gasteiger partial charge in [-0.3, -0.25) is 0 Å². The summed E-state index contributed by atoms with van der Waals surface area (Å²) in [6, 6.07) is 7.77. The third kappa shape index (κ3) is 7.22. The minimum absolute atomic E-state index is 0.327. The molecule has 154 valence electrons. The van der Waals surface area contributed by atoms with Gasteiger partial charge in [-0.2, -0.15) is 0 Å². The van der Waals surface area contributed by atoms with Gasteiger partial charge in [0.15, 0.2) is 0 Å². The maximum Gasteiger partial charge on any atom is 0.0851 e. The highest BCUT2D eigenvalue weighted by molar-refractivity contribution is 9.12. The van der Waals surface area contributed by atoms with Crippen molar-refractivity contribution < 1.29 is 4.21 Å². The molecule has 2 aromatic rings. The second-order valence-corrected chi connectivity index (χ2v) is 14.7. The Morgan fingerprint density at radius 2 is 0.964 bits per heavy atom. The van der Waals surface area contributed by atoms with Gasteiger partial charge in [-0.1, -0.05) is 127 Å². The van der Waals surface area contributed by atoms with Crippen LogP contribution in [-0.2, 0) is 23.6 Å². The van der Waals surface area contributed by atoms with Crippen LogP contribution in [0.25, 0.3) is 0 Å². The normalized spacial score (nSPS) is 14.7. The van der Waals surface area contributed by atoms with E-state index in [2.05, 4.69) is 127 Å². The third-order valence-electron chi connectivity index (χ3n) is 3.84. The number of alkyl halides is 4. The predicted octanol–water partition coefficient (Wildman–Crippen LogP) is 9.31. The maximum absolute atomic E-state index is 13.2. The lowest BCUT2D eigenvalue weighted by molar-refractivity contribution is 0.683. The minimum Gasteiger partial charge on any atom is -0.249 e. The van der Waals surface area contributed by atoms with E-state index in [4.69, 9.17) is 0 Å². The van der Waals surface area contributed by atoms with Crippen molar-refractivity contribution in [1.29, 1.82) is 0 Å². The molecule has 0 fully saturated rings. The first-order chi connectivity index (χ1) is 13.2. The molecule has 0 aliphatic rings. The molecule has 0 aliphatic carbocycles. The monoisotopic (exact) mass is 909 g/mol. The van der Waals surface area contributed by atoms with Gasteiger partial charge in [0.25, 0.3) is 0 Å². The van der Waals surface area contributed by atoms with Crippen LogP contribution in [0.2, 0.25) is 0 Å². The Morgan fingerprint density at radius 1 is 0.679 bits per heavy atom. The average molecular weight is 918 g/mol. The highest BCUT2D eigenvalue weighted by Gasteiger charge is 2.18. The van der Waals surface area contributed by atoms with E-state index >= 15 is 0 Å². The summed E-state index contributed by atoms with van der Waals surface area (Å²) in [6.07, 6.45) is 1.71. The van der Waals surface area contributed by atoms with Crippen LogP contribution >= 0.6 is 127 Å². The van der Waals surface area contributed by atoms with Gasteiger partial charge >= 0.3 is 0 Å². The molecule has 2 unspecified atom stereocenters. The Labute approximate surface area is 235 Å². The van der Waals surface area contributed by atoms with Crippen LogP contribution in [0.5, 0.6) is 0 Å². The molecule has 28 heavy (non-hydrogen) atoms. The van der Waals surface area contributed by atoms with Crippen LogP contribution in [0.4, 0.5) is 0 Å². The number of hydrogen-bond acceptors (Lipinski definition) is 1. The van der Waals surface area contributed by atoms with Gasteiger partial charge in [-0.25, -0.2) is 4.21 Å². The Balaban J connectivity index is 2.36. The standard InChI is InChI=1S/C18H14Br8OS/c19-7-9(21)1-13-15(23)3-11(4-16(13)24)28(27)12-5-17(25)14(18(26)6-12)2-10(22)8-20/h3-6,9-10H,1-2,7-8H2. The molecule has 0 bridgehead atoms. The topological polar surface area (TPSA) is 17.1 Å². The Morgan fingerprint density at radius 3 is 1.21 bits per heavy atom.